The van der Waals surface area contributed by atoms with Gasteiger partial charge >= 0.3 is 0 Å². The van der Waals surface area contributed by atoms with Crippen LogP contribution < -0.4 is 4.74 Å². The summed E-state index contributed by atoms with van der Waals surface area (Å²) in [6.07, 6.45) is 2.45. The molecule has 0 radical (unpaired) electrons. The van der Waals surface area contributed by atoms with E-state index < -0.39 is 0 Å². The number of aldehydes is 1. The van der Waals surface area contributed by atoms with E-state index in [0.717, 1.165) is 80.0 Å². The molecule has 32 heavy (non-hydrogen) atoms. The molecule has 0 spiro atoms. The van der Waals surface area contributed by atoms with Gasteiger partial charge in [0.15, 0.2) is 6.29 Å². The zero-order valence-electron chi connectivity index (χ0n) is 19.2. The van der Waals surface area contributed by atoms with Crippen LogP contribution in [-0.2, 0) is 13.5 Å². The molecule has 4 aromatic rings. The van der Waals surface area contributed by atoms with Crippen molar-refractivity contribution in [3.05, 3.63) is 69.1 Å². The Morgan fingerprint density at radius 2 is 1.88 bits per heavy atom. The van der Waals surface area contributed by atoms with Crippen molar-refractivity contribution in [1.29, 1.82) is 0 Å². The molecular formula is C26H28ClN3O2. The number of H-pyrrole nitrogens is 1. The van der Waals surface area contributed by atoms with Gasteiger partial charge in [-0.05, 0) is 69.4 Å². The predicted octanol–water partition coefficient (Wildman–Crippen LogP) is 6.28. The Morgan fingerprint density at radius 3 is 2.50 bits per heavy atom. The lowest BCUT2D eigenvalue weighted by Gasteiger charge is -2.10. The number of nitrogens with zero attached hydrogens (tertiary/aromatic N) is 2. The van der Waals surface area contributed by atoms with Crippen LogP contribution in [0.25, 0.3) is 22.0 Å². The monoisotopic (exact) mass is 449 g/mol. The van der Waals surface area contributed by atoms with Gasteiger partial charge in [0.05, 0.1) is 23.5 Å². The van der Waals surface area contributed by atoms with Crippen molar-refractivity contribution < 1.29 is 9.53 Å². The number of aromatic nitrogens is 3. The summed E-state index contributed by atoms with van der Waals surface area (Å²) >= 11 is 6.25. The number of hydrogen-bond donors (Lipinski definition) is 1. The quantitative estimate of drug-likeness (QED) is 0.267. The predicted molar refractivity (Wildman–Crippen MR) is 130 cm³/mol. The van der Waals surface area contributed by atoms with Crippen molar-refractivity contribution in [3.63, 3.8) is 0 Å². The van der Waals surface area contributed by atoms with Crippen LogP contribution in [0.3, 0.4) is 0 Å². The van der Waals surface area contributed by atoms with Crippen LogP contribution in [-0.4, -0.2) is 27.7 Å². The summed E-state index contributed by atoms with van der Waals surface area (Å²) in [5.41, 5.74) is 8.92. The zero-order valence-corrected chi connectivity index (χ0v) is 19.9. The molecule has 0 unspecified atom stereocenters. The Balaban J connectivity index is 1.59. The van der Waals surface area contributed by atoms with Gasteiger partial charge in [0.1, 0.15) is 5.75 Å². The molecule has 0 aliphatic carbocycles. The first kappa shape index (κ1) is 22.2. The molecule has 0 bridgehead atoms. The molecule has 0 aliphatic heterocycles. The number of para-hydroxylation sites is 1. The van der Waals surface area contributed by atoms with E-state index in [4.69, 9.17) is 16.3 Å². The third kappa shape index (κ3) is 3.93. The molecule has 1 N–H and O–H groups in total. The number of benzene rings is 2. The van der Waals surface area contributed by atoms with Gasteiger partial charge in [0.25, 0.3) is 0 Å². The summed E-state index contributed by atoms with van der Waals surface area (Å²) in [5.74, 6) is 0.823. The van der Waals surface area contributed by atoms with Crippen molar-refractivity contribution in [2.45, 2.75) is 40.5 Å². The number of carbonyl (C=O) groups excluding carboxylic acids is 1. The minimum atomic E-state index is 0.562. The van der Waals surface area contributed by atoms with E-state index in [-0.39, 0.29) is 0 Å². The average Bonchev–Trinajstić information content (AvgIpc) is 3.25. The number of aryl methyl sites for hydroxylation is 5. The minimum Gasteiger partial charge on any atom is -0.494 e. The molecule has 0 amide bonds. The third-order valence-corrected chi connectivity index (χ3v) is 6.72. The Bertz CT molecular complexity index is 1290. The first-order valence-electron chi connectivity index (χ1n) is 10.8. The molecule has 0 aliphatic rings. The third-order valence-electron chi connectivity index (χ3n) is 6.12. The molecule has 166 valence electrons. The van der Waals surface area contributed by atoms with E-state index in [9.17, 15) is 4.79 Å². The van der Waals surface area contributed by atoms with Gasteiger partial charge in [-0.1, -0.05) is 29.8 Å². The molecule has 0 saturated heterocycles. The molecule has 2 aromatic heterocycles. The van der Waals surface area contributed by atoms with Gasteiger partial charge in [0, 0.05) is 34.3 Å². The van der Waals surface area contributed by atoms with Gasteiger partial charge in [0.2, 0.25) is 0 Å². The highest BCUT2D eigenvalue weighted by molar-refractivity contribution is 6.32. The van der Waals surface area contributed by atoms with Crippen LogP contribution in [0, 0.1) is 27.7 Å². The maximum atomic E-state index is 11.9. The Labute approximate surface area is 193 Å². The fourth-order valence-corrected chi connectivity index (χ4v) is 4.57. The van der Waals surface area contributed by atoms with E-state index >= 15 is 0 Å². The van der Waals surface area contributed by atoms with E-state index in [1.54, 1.807) is 0 Å². The number of hydrogen-bond acceptors (Lipinski definition) is 3. The van der Waals surface area contributed by atoms with Gasteiger partial charge < -0.3 is 9.72 Å². The minimum absolute atomic E-state index is 0.562. The number of aromatic amines is 1. The van der Waals surface area contributed by atoms with Gasteiger partial charge in [-0.2, -0.15) is 5.10 Å². The highest BCUT2D eigenvalue weighted by Gasteiger charge is 2.18. The maximum Gasteiger partial charge on any atom is 0.166 e. The number of ether oxygens (including phenoxy) is 1. The second-order valence-electron chi connectivity index (χ2n) is 8.36. The average molecular weight is 450 g/mol. The topological polar surface area (TPSA) is 59.9 Å². The summed E-state index contributed by atoms with van der Waals surface area (Å²) in [4.78, 5) is 15.2. The molecule has 2 aromatic carbocycles. The Hall–Kier alpha value is -3.05. The molecule has 6 heteroatoms. The molecular weight excluding hydrogens is 422 g/mol. The van der Waals surface area contributed by atoms with Crippen LogP contribution >= 0.6 is 11.6 Å². The summed E-state index contributed by atoms with van der Waals surface area (Å²) in [6.45, 7) is 8.60. The van der Waals surface area contributed by atoms with E-state index in [0.29, 0.717) is 12.3 Å². The highest BCUT2D eigenvalue weighted by atomic mass is 35.5. The fourth-order valence-electron chi connectivity index (χ4n) is 4.46. The van der Waals surface area contributed by atoms with Crippen molar-refractivity contribution in [2.75, 3.05) is 6.61 Å². The number of carbonyl (C=O) groups is 1. The van der Waals surface area contributed by atoms with Gasteiger partial charge in [-0.15, -0.1) is 0 Å². The fraction of sp³-hybridized carbons (Fsp3) is 0.308. The summed E-state index contributed by atoms with van der Waals surface area (Å²) in [6, 6.07) is 10.1. The summed E-state index contributed by atoms with van der Waals surface area (Å²) in [7, 11) is 1.95. The molecule has 4 rings (SSSR count). The zero-order chi connectivity index (χ0) is 23.0. The second kappa shape index (κ2) is 8.83. The Morgan fingerprint density at radius 1 is 1.16 bits per heavy atom. The van der Waals surface area contributed by atoms with E-state index in [1.807, 2.05) is 50.7 Å². The van der Waals surface area contributed by atoms with Crippen LogP contribution in [0.1, 0.15) is 45.0 Å². The highest BCUT2D eigenvalue weighted by Crippen LogP contribution is 2.35. The van der Waals surface area contributed by atoms with E-state index in [1.165, 1.54) is 0 Å². The van der Waals surface area contributed by atoms with Crippen molar-refractivity contribution in [2.24, 2.45) is 7.05 Å². The standard InChI is InChI=1S/C26H28ClN3O2/c1-15-12-19(13-16(2)25(15)27)32-11-7-10-20-21-8-6-9-22(26(21)28-23(20)14-31)24-17(3)29-30(5)18(24)4/h6,8-9,12-14,28H,7,10-11H2,1-5H3. The number of rotatable bonds is 7. The van der Waals surface area contributed by atoms with Crippen LogP contribution in [0.4, 0.5) is 0 Å². The van der Waals surface area contributed by atoms with Gasteiger partial charge in [-0.3, -0.25) is 9.48 Å². The van der Waals surface area contributed by atoms with Gasteiger partial charge in [-0.25, -0.2) is 0 Å². The van der Waals surface area contributed by atoms with Crippen LogP contribution in [0.15, 0.2) is 30.3 Å². The van der Waals surface area contributed by atoms with Crippen molar-refractivity contribution >= 4 is 28.8 Å². The summed E-state index contributed by atoms with van der Waals surface area (Å²) in [5, 5.41) is 6.41. The summed E-state index contributed by atoms with van der Waals surface area (Å²) < 4.78 is 7.86. The van der Waals surface area contributed by atoms with Crippen LogP contribution in [0.2, 0.25) is 5.02 Å². The first-order valence-corrected chi connectivity index (χ1v) is 11.2. The van der Waals surface area contributed by atoms with E-state index in [2.05, 4.69) is 29.1 Å². The van der Waals surface area contributed by atoms with Crippen molar-refractivity contribution in [3.8, 4) is 16.9 Å². The number of nitrogens with one attached hydrogen (secondary N) is 1. The number of fused-ring (bicyclic) bond motifs is 1. The largest absolute Gasteiger partial charge is 0.494 e. The second-order valence-corrected chi connectivity index (χ2v) is 8.73. The molecule has 2 heterocycles. The number of halogens is 1. The smallest absolute Gasteiger partial charge is 0.166 e. The molecule has 0 saturated carbocycles. The molecule has 0 atom stereocenters. The first-order chi connectivity index (χ1) is 15.3. The maximum absolute atomic E-state index is 11.9. The lowest BCUT2D eigenvalue weighted by molar-refractivity contribution is 0.111. The van der Waals surface area contributed by atoms with Crippen molar-refractivity contribution in [1.82, 2.24) is 14.8 Å². The lowest BCUT2D eigenvalue weighted by Crippen LogP contribution is -2.01. The normalized spacial score (nSPS) is 11.3. The SMILES string of the molecule is Cc1cc(OCCCc2c(C=O)[nH]c3c(-c4c(C)nn(C)c4C)cccc23)cc(C)c1Cl. The molecule has 0 fully saturated rings. The lowest BCUT2D eigenvalue weighted by atomic mass is 9.99. The Kier molecular flexibility index (Phi) is 6.11. The van der Waals surface area contributed by atoms with Crippen LogP contribution in [0.5, 0.6) is 5.75 Å². The molecule has 5 nitrogen and oxygen atoms in total.